The summed E-state index contributed by atoms with van der Waals surface area (Å²) >= 11 is 6.66. The summed E-state index contributed by atoms with van der Waals surface area (Å²) in [5.41, 5.74) is 5.80. The van der Waals surface area contributed by atoms with Crippen LogP contribution in [0.25, 0.3) is 32.7 Å². The number of aliphatic imine (C=N–C) groups is 2. The molecule has 4 heteroatoms. The third-order valence-corrected chi connectivity index (χ3v) is 7.86. The van der Waals surface area contributed by atoms with E-state index in [1.54, 1.807) is 0 Å². The van der Waals surface area contributed by atoms with Crippen molar-refractivity contribution >= 4 is 55.9 Å². The first-order chi connectivity index (χ1) is 18.7. The first-order valence-electron chi connectivity index (χ1n) is 13.0. The number of furan rings is 1. The van der Waals surface area contributed by atoms with Crippen LogP contribution in [0.15, 0.2) is 124 Å². The maximum Gasteiger partial charge on any atom is 0.155 e. The average molecular weight is 513 g/mol. The largest absolute Gasteiger partial charge is 0.454 e. The normalized spacial score (nSPS) is 17.6. The van der Waals surface area contributed by atoms with Gasteiger partial charge in [0.15, 0.2) is 11.4 Å². The minimum Gasteiger partial charge on any atom is -0.454 e. The second-order valence-electron chi connectivity index (χ2n) is 9.78. The molecule has 3 nitrogen and oxygen atoms in total. The second-order valence-corrected chi connectivity index (χ2v) is 10.2. The Morgan fingerprint density at radius 3 is 2.39 bits per heavy atom. The summed E-state index contributed by atoms with van der Waals surface area (Å²) in [6.45, 7) is 2.22. The van der Waals surface area contributed by atoms with E-state index in [-0.39, 0.29) is 12.0 Å². The lowest BCUT2D eigenvalue weighted by Crippen LogP contribution is -2.28. The first-order valence-corrected chi connectivity index (χ1v) is 13.4. The van der Waals surface area contributed by atoms with Gasteiger partial charge in [-0.05, 0) is 41.0 Å². The molecule has 2 atom stereocenters. The van der Waals surface area contributed by atoms with Gasteiger partial charge in [0, 0.05) is 27.8 Å². The molecular formula is C34H25ClN2O. The van der Waals surface area contributed by atoms with Gasteiger partial charge in [-0.2, -0.15) is 0 Å². The molecule has 0 saturated heterocycles. The number of halogens is 1. The zero-order valence-electron chi connectivity index (χ0n) is 20.9. The Balaban J connectivity index is 1.48. The molecule has 6 aromatic rings. The van der Waals surface area contributed by atoms with Gasteiger partial charge >= 0.3 is 0 Å². The van der Waals surface area contributed by atoms with Crippen molar-refractivity contribution in [3.63, 3.8) is 0 Å². The maximum atomic E-state index is 6.66. The number of benzene rings is 5. The quantitative estimate of drug-likeness (QED) is 0.232. The molecule has 0 saturated carbocycles. The Bertz CT molecular complexity index is 1880. The number of fused-ring (bicyclic) bond motifs is 4. The van der Waals surface area contributed by atoms with Crippen LogP contribution in [0.2, 0.25) is 5.02 Å². The summed E-state index contributed by atoms with van der Waals surface area (Å²) in [6.07, 6.45) is 0.891. The molecule has 7 rings (SSSR count). The monoisotopic (exact) mass is 512 g/mol. The fraction of sp³-hybridized carbons (Fsp3) is 0.118. The Morgan fingerprint density at radius 1 is 0.789 bits per heavy atom. The van der Waals surface area contributed by atoms with Crippen LogP contribution in [0.5, 0.6) is 0 Å². The van der Waals surface area contributed by atoms with E-state index < -0.39 is 0 Å². The predicted molar refractivity (Wildman–Crippen MR) is 159 cm³/mol. The zero-order chi connectivity index (χ0) is 25.6. The van der Waals surface area contributed by atoms with E-state index in [9.17, 15) is 0 Å². The SMILES string of the molecule is CCC1C(c2ccc(Cl)c3oc4ccccc4c23)=NC(c2ccccc2)=NC1c1ccc2ccccc2c1. The molecule has 2 heterocycles. The van der Waals surface area contributed by atoms with E-state index in [1.165, 1.54) is 16.3 Å². The molecule has 1 aliphatic heterocycles. The molecule has 2 unspecified atom stereocenters. The lowest BCUT2D eigenvalue weighted by Gasteiger charge is -2.30. The van der Waals surface area contributed by atoms with Crippen LogP contribution in [-0.2, 0) is 0 Å². The number of nitrogens with zero attached hydrogens (tertiary/aromatic N) is 2. The molecular weight excluding hydrogens is 488 g/mol. The molecule has 0 aliphatic carbocycles. The van der Waals surface area contributed by atoms with Crippen LogP contribution in [0, 0.1) is 5.92 Å². The van der Waals surface area contributed by atoms with Crippen molar-refractivity contribution < 1.29 is 4.42 Å². The summed E-state index contributed by atoms with van der Waals surface area (Å²) in [7, 11) is 0. The Hall–Kier alpha value is -4.21. The topological polar surface area (TPSA) is 37.9 Å². The van der Waals surface area contributed by atoms with Gasteiger partial charge in [0.25, 0.3) is 0 Å². The average Bonchev–Trinajstić information content (AvgIpc) is 3.38. The fourth-order valence-corrected chi connectivity index (χ4v) is 5.90. The molecule has 1 aromatic heterocycles. The molecule has 0 N–H and O–H groups in total. The highest BCUT2D eigenvalue weighted by Crippen LogP contribution is 2.41. The van der Waals surface area contributed by atoms with E-state index in [4.69, 9.17) is 26.0 Å². The zero-order valence-corrected chi connectivity index (χ0v) is 21.7. The van der Waals surface area contributed by atoms with Crippen LogP contribution in [-0.4, -0.2) is 11.5 Å². The van der Waals surface area contributed by atoms with Gasteiger partial charge < -0.3 is 4.42 Å². The minimum atomic E-state index is -0.0730. The standard InChI is InChI=1S/C34H25ClN2O/c1-2-25-31(24-17-16-21-10-6-7-13-23(21)20-24)36-34(22-11-4-3-5-12-22)37-32(25)27-18-19-28(35)33-30(27)26-14-8-9-15-29(26)38-33/h3-20,25,31H,2H2,1H3. The summed E-state index contributed by atoms with van der Waals surface area (Å²) in [5.74, 6) is 0.834. The van der Waals surface area contributed by atoms with Gasteiger partial charge in [-0.1, -0.05) is 110 Å². The lowest BCUT2D eigenvalue weighted by molar-refractivity contribution is 0.533. The van der Waals surface area contributed by atoms with Crippen LogP contribution in [0.4, 0.5) is 0 Å². The fourth-order valence-electron chi connectivity index (χ4n) is 5.71. The smallest absolute Gasteiger partial charge is 0.155 e. The molecule has 0 amide bonds. The van der Waals surface area contributed by atoms with Crippen molar-refractivity contribution in [3.8, 4) is 0 Å². The third kappa shape index (κ3) is 3.74. The van der Waals surface area contributed by atoms with Gasteiger partial charge in [-0.25, -0.2) is 4.99 Å². The van der Waals surface area contributed by atoms with E-state index in [0.29, 0.717) is 10.6 Å². The van der Waals surface area contributed by atoms with E-state index in [2.05, 4.69) is 73.7 Å². The summed E-state index contributed by atoms with van der Waals surface area (Å²) < 4.78 is 6.24. The summed E-state index contributed by atoms with van der Waals surface area (Å²) in [4.78, 5) is 10.5. The molecule has 184 valence electrons. The summed E-state index contributed by atoms with van der Waals surface area (Å²) in [5, 5.41) is 5.11. The Labute approximate surface area is 226 Å². The van der Waals surface area contributed by atoms with Crippen molar-refractivity contribution in [2.24, 2.45) is 15.9 Å². The Morgan fingerprint density at radius 2 is 1.55 bits per heavy atom. The highest BCUT2D eigenvalue weighted by atomic mass is 35.5. The first kappa shape index (κ1) is 22.9. The number of rotatable bonds is 4. The minimum absolute atomic E-state index is 0.0730. The van der Waals surface area contributed by atoms with Gasteiger partial charge in [0.1, 0.15) is 5.58 Å². The van der Waals surface area contributed by atoms with Crippen LogP contribution in [0.1, 0.15) is 36.1 Å². The van der Waals surface area contributed by atoms with Gasteiger partial charge in [-0.15, -0.1) is 0 Å². The maximum absolute atomic E-state index is 6.66. The highest BCUT2D eigenvalue weighted by molar-refractivity contribution is 6.37. The molecule has 0 radical (unpaired) electrons. The predicted octanol–water partition coefficient (Wildman–Crippen LogP) is 9.41. The van der Waals surface area contributed by atoms with Crippen molar-refractivity contribution in [1.82, 2.24) is 0 Å². The second kappa shape index (κ2) is 9.27. The van der Waals surface area contributed by atoms with Gasteiger partial charge in [0.05, 0.1) is 16.8 Å². The van der Waals surface area contributed by atoms with E-state index in [0.717, 1.165) is 45.5 Å². The van der Waals surface area contributed by atoms with Crippen molar-refractivity contribution in [2.75, 3.05) is 0 Å². The van der Waals surface area contributed by atoms with Gasteiger partial charge in [-0.3, -0.25) is 4.99 Å². The molecule has 0 bridgehead atoms. The molecule has 1 aliphatic rings. The van der Waals surface area contributed by atoms with Crippen LogP contribution >= 0.6 is 11.6 Å². The number of hydrogen-bond donors (Lipinski definition) is 0. The van der Waals surface area contributed by atoms with Crippen molar-refractivity contribution in [2.45, 2.75) is 19.4 Å². The number of para-hydroxylation sites is 1. The van der Waals surface area contributed by atoms with Crippen LogP contribution < -0.4 is 0 Å². The van der Waals surface area contributed by atoms with E-state index >= 15 is 0 Å². The van der Waals surface area contributed by atoms with Crippen molar-refractivity contribution in [3.05, 3.63) is 131 Å². The van der Waals surface area contributed by atoms with Crippen LogP contribution in [0.3, 0.4) is 0 Å². The molecule has 38 heavy (non-hydrogen) atoms. The Kier molecular flexibility index (Phi) is 5.60. The third-order valence-electron chi connectivity index (χ3n) is 7.56. The van der Waals surface area contributed by atoms with E-state index in [1.807, 2.05) is 42.5 Å². The molecule has 5 aromatic carbocycles. The number of amidine groups is 1. The lowest BCUT2D eigenvalue weighted by atomic mass is 9.81. The molecule has 0 fully saturated rings. The summed E-state index contributed by atoms with van der Waals surface area (Å²) in [6, 6.07) is 37.5. The van der Waals surface area contributed by atoms with Crippen molar-refractivity contribution in [1.29, 1.82) is 0 Å². The molecule has 0 spiro atoms. The number of hydrogen-bond acceptors (Lipinski definition) is 3. The highest BCUT2D eigenvalue weighted by Gasteiger charge is 2.33. The van der Waals surface area contributed by atoms with Gasteiger partial charge in [0.2, 0.25) is 0 Å².